The van der Waals surface area contributed by atoms with E-state index in [4.69, 9.17) is 5.73 Å². The minimum atomic E-state index is 0.191. The highest BCUT2D eigenvalue weighted by Crippen LogP contribution is 2.13. The molecule has 3 nitrogen and oxygen atoms in total. The number of aryl methyl sites for hydroxylation is 4. The third-order valence-electron chi connectivity index (χ3n) is 4.09. The summed E-state index contributed by atoms with van der Waals surface area (Å²) in [6, 6.07) is 11.0. The lowest BCUT2D eigenvalue weighted by Gasteiger charge is -2.13. The van der Waals surface area contributed by atoms with Crippen LogP contribution < -0.4 is 5.73 Å². The van der Waals surface area contributed by atoms with Crippen LogP contribution in [0.25, 0.3) is 0 Å². The predicted octanol–water partition coefficient (Wildman–Crippen LogP) is 3.28. The van der Waals surface area contributed by atoms with Crippen LogP contribution in [0.5, 0.6) is 0 Å². The van der Waals surface area contributed by atoms with Crippen molar-refractivity contribution in [3.63, 3.8) is 0 Å². The van der Waals surface area contributed by atoms with Crippen LogP contribution in [0.15, 0.2) is 30.3 Å². The molecule has 3 heteroatoms. The van der Waals surface area contributed by atoms with E-state index in [2.05, 4.69) is 60.9 Å². The first-order valence-corrected chi connectivity index (χ1v) is 7.99. The Morgan fingerprint density at radius 1 is 1.24 bits per heavy atom. The molecule has 0 aliphatic rings. The topological polar surface area (TPSA) is 43.8 Å². The Balaban J connectivity index is 1.94. The first-order valence-electron chi connectivity index (χ1n) is 7.99. The smallest absolute Gasteiger partial charge is 0.0624 e. The van der Waals surface area contributed by atoms with Crippen molar-refractivity contribution in [1.82, 2.24) is 9.78 Å². The van der Waals surface area contributed by atoms with E-state index in [9.17, 15) is 0 Å². The maximum atomic E-state index is 6.34. The summed E-state index contributed by atoms with van der Waals surface area (Å²) in [4.78, 5) is 0. The van der Waals surface area contributed by atoms with Gasteiger partial charge in [-0.2, -0.15) is 5.10 Å². The van der Waals surface area contributed by atoms with Crippen molar-refractivity contribution in [2.75, 3.05) is 0 Å². The van der Waals surface area contributed by atoms with Crippen molar-refractivity contribution in [2.24, 2.45) is 5.73 Å². The molecule has 2 aromatic rings. The van der Waals surface area contributed by atoms with Gasteiger partial charge in [-0.15, -0.1) is 0 Å². The fourth-order valence-corrected chi connectivity index (χ4v) is 2.73. The Bertz CT molecular complexity index is 572. The zero-order chi connectivity index (χ0) is 15.2. The summed E-state index contributed by atoms with van der Waals surface area (Å²) < 4.78 is 2.09. The number of benzene rings is 1. The second kappa shape index (κ2) is 7.41. The SMILES string of the molecule is CCc1cc(CC(N)CCc2ccccc2C)n(CC)n1. The Morgan fingerprint density at radius 3 is 2.67 bits per heavy atom. The molecule has 0 spiro atoms. The maximum absolute atomic E-state index is 6.34. The maximum Gasteiger partial charge on any atom is 0.0624 e. The molecule has 2 N–H and O–H groups in total. The number of hydrogen-bond acceptors (Lipinski definition) is 2. The minimum Gasteiger partial charge on any atom is -0.327 e. The Kier molecular flexibility index (Phi) is 5.57. The average molecular weight is 285 g/mol. The molecule has 0 fully saturated rings. The van der Waals surface area contributed by atoms with Crippen LogP contribution in [0, 0.1) is 6.92 Å². The molecule has 0 saturated heterocycles. The number of aromatic nitrogens is 2. The van der Waals surface area contributed by atoms with E-state index in [0.29, 0.717) is 0 Å². The number of nitrogens with zero attached hydrogens (tertiary/aromatic N) is 2. The first kappa shape index (κ1) is 15.8. The number of rotatable bonds is 7. The largest absolute Gasteiger partial charge is 0.327 e. The highest BCUT2D eigenvalue weighted by molar-refractivity contribution is 5.25. The van der Waals surface area contributed by atoms with Gasteiger partial charge in [0, 0.05) is 24.7 Å². The molecule has 1 aromatic heterocycles. The van der Waals surface area contributed by atoms with Crippen LogP contribution in [-0.4, -0.2) is 15.8 Å². The molecule has 1 aromatic carbocycles. The second-order valence-corrected chi connectivity index (χ2v) is 5.73. The molecular formula is C18H27N3. The van der Waals surface area contributed by atoms with E-state index in [0.717, 1.165) is 37.9 Å². The molecule has 2 rings (SSSR count). The van der Waals surface area contributed by atoms with Gasteiger partial charge in [0.05, 0.1) is 5.69 Å². The molecule has 21 heavy (non-hydrogen) atoms. The quantitative estimate of drug-likeness (QED) is 0.848. The van der Waals surface area contributed by atoms with Crippen LogP contribution in [0.4, 0.5) is 0 Å². The molecule has 1 heterocycles. The van der Waals surface area contributed by atoms with Gasteiger partial charge in [0.15, 0.2) is 0 Å². The van der Waals surface area contributed by atoms with E-state index in [1.54, 1.807) is 0 Å². The summed E-state index contributed by atoms with van der Waals surface area (Å²) in [5.41, 5.74) is 11.5. The van der Waals surface area contributed by atoms with Gasteiger partial charge in [0.1, 0.15) is 0 Å². The Hall–Kier alpha value is -1.61. The van der Waals surface area contributed by atoms with Gasteiger partial charge in [-0.05, 0) is 50.3 Å². The van der Waals surface area contributed by atoms with Crippen molar-refractivity contribution in [3.05, 3.63) is 52.8 Å². The van der Waals surface area contributed by atoms with E-state index in [1.807, 2.05) is 0 Å². The van der Waals surface area contributed by atoms with E-state index in [-0.39, 0.29) is 6.04 Å². The highest BCUT2D eigenvalue weighted by Gasteiger charge is 2.11. The number of nitrogens with two attached hydrogens (primary N) is 1. The first-order chi connectivity index (χ1) is 10.1. The lowest BCUT2D eigenvalue weighted by atomic mass is 9.99. The summed E-state index contributed by atoms with van der Waals surface area (Å²) in [6.45, 7) is 7.36. The molecule has 1 unspecified atom stereocenters. The molecule has 0 bridgehead atoms. The average Bonchev–Trinajstić information content (AvgIpc) is 2.88. The van der Waals surface area contributed by atoms with Gasteiger partial charge in [-0.25, -0.2) is 0 Å². The van der Waals surface area contributed by atoms with Crippen molar-refractivity contribution in [2.45, 2.75) is 59.0 Å². The van der Waals surface area contributed by atoms with Gasteiger partial charge in [-0.3, -0.25) is 4.68 Å². The van der Waals surface area contributed by atoms with Crippen molar-refractivity contribution < 1.29 is 0 Å². The van der Waals surface area contributed by atoms with Crippen molar-refractivity contribution >= 4 is 0 Å². The summed E-state index contributed by atoms with van der Waals surface area (Å²) in [6.07, 6.45) is 3.96. The third kappa shape index (κ3) is 4.18. The zero-order valence-corrected chi connectivity index (χ0v) is 13.5. The third-order valence-corrected chi connectivity index (χ3v) is 4.09. The molecule has 1 atom stereocenters. The van der Waals surface area contributed by atoms with E-state index < -0.39 is 0 Å². The summed E-state index contributed by atoms with van der Waals surface area (Å²) in [7, 11) is 0. The van der Waals surface area contributed by atoms with Crippen LogP contribution in [-0.2, 0) is 25.8 Å². The van der Waals surface area contributed by atoms with Crippen LogP contribution in [0.1, 0.15) is 42.8 Å². The fraction of sp³-hybridized carbons (Fsp3) is 0.500. The van der Waals surface area contributed by atoms with Gasteiger partial charge >= 0.3 is 0 Å². The summed E-state index contributed by atoms with van der Waals surface area (Å²) in [5.74, 6) is 0. The van der Waals surface area contributed by atoms with Crippen LogP contribution >= 0.6 is 0 Å². The lowest BCUT2D eigenvalue weighted by molar-refractivity contribution is 0.553. The zero-order valence-electron chi connectivity index (χ0n) is 13.5. The summed E-state index contributed by atoms with van der Waals surface area (Å²) >= 11 is 0. The molecule has 0 saturated carbocycles. The van der Waals surface area contributed by atoms with Gasteiger partial charge < -0.3 is 5.73 Å². The lowest BCUT2D eigenvalue weighted by Crippen LogP contribution is -2.25. The molecule has 0 aliphatic carbocycles. The van der Waals surface area contributed by atoms with E-state index >= 15 is 0 Å². The molecule has 0 aliphatic heterocycles. The molecular weight excluding hydrogens is 258 g/mol. The van der Waals surface area contributed by atoms with Crippen molar-refractivity contribution in [3.8, 4) is 0 Å². The normalized spacial score (nSPS) is 12.6. The van der Waals surface area contributed by atoms with Crippen LogP contribution in [0.2, 0.25) is 0 Å². The van der Waals surface area contributed by atoms with Gasteiger partial charge in [0.25, 0.3) is 0 Å². The molecule has 0 radical (unpaired) electrons. The van der Waals surface area contributed by atoms with Crippen LogP contribution in [0.3, 0.4) is 0 Å². The Morgan fingerprint density at radius 2 is 2.00 bits per heavy atom. The standard InChI is InChI=1S/C18H27N3/c1-4-17-13-18(21(5-2)20-17)12-16(19)11-10-15-9-7-6-8-14(15)3/h6-9,13,16H,4-5,10-12,19H2,1-3H3. The van der Waals surface area contributed by atoms with Gasteiger partial charge in [-0.1, -0.05) is 31.2 Å². The predicted molar refractivity (Wildman–Crippen MR) is 88.5 cm³/mol. The number of hydrogen-bond donors (Lipinski definition) is 1. The summed E-state index contributed by atoms with van der Waals surface area (Å²) in [5, 5.41) is 4.59. The monoisotopic (exact) mass is 285 g/mol. The Labute approximate surface area is 128 Å². The van der Waals surface area contributed by atoms with E-state index in [1.165, 1.54) is 16.8 Å². The molecule has 0 amide bonds. The fourth-order valence-electron chi connectivity index (χ4n) is 2.73. The second-order valence-electron chi connectivity index (χ2n) is 5.73. The molecule has 114 valence electrons. The van der Waals surface area contributed by atoms with Crippen molar-refractivity contribution in [1.29, 1.82) is 0 Å². The highest BCUT2D eigenvalue weighted by atomic mass is 15.3. The minimum absolute atomic E-state index is 0.191. The van der Waals surface area contributed by atoms with Gasteiger partial charge in [0.2, 0.25) is 0 Å².